The van der Waals surface area contributed by atoms with Crippen LogP contribution in [0.15, 0.2) is 18.2 Å². The summed E-state index contributed by atoms with van der Waals surface area (Å²) in [5, 5.41) is 0.268. The lowest BCUT2D eigenvalue weighted by molar-refractivity contribution is -0.123. The molecular formula is C15H18N4O4S2. The Morgan fingerprint density at radius 2 is 2.00 bits per heavy atom. The van der Waals surface area contributed by atoms with Crippen molar-refractivity contribution < 1.29 is 18.0 Å². The highest BCUT2D eigenvalue weighted by molar-refractivity contribution is 7.92. The number of anilines is 1. The Balaban J connectivity index is 1.77. The topological polar surface area (TPSA) is 122 Å². The van der Waals surface area contributed by atoms with Crippen LogP contribution in [-0.4, -0.2) is 49.5 Å². The number of likely N-dealkylation sites (tertiary alicyclic amines) is 1. The van der Waals surface area contributed by atoms with Crippen LogP contribution >= 0.6 is 11.3 Å². The summed E-state index contributed by atoms with van der Waals surface area (Å²) in [5.74, 6) is -0.599. The standard InChI is InChI=1S/C15H18N4O4S2/c1-25(22,23)18-15-17-11-3-2-10(8-12(11)24-15)14(21)19-6-4-9(5-7-19)13(16)20/h2-3,8-9H,4-7H2,1H3,(H2,16,20)(H,17,18). The third-order valence-electron chi connectivity index (χ3n) is 4.09. The van der Waals surface area contributed by atoms with Gasteiger partial charge >= 0.3 is 0 Å². The smallest absolute Gasteiger partial charge is 0.253 e. The van der Waals surface area contributed by atoms with Crippen molar-refractivity contribution in [2.75, 3.05) is 24.1 Å². The average molecular weight is 382 g/mol. The fraction of sp³-hybridized carbons (Fsp3) is 0.400. The van der Waals surface area contributed by atoms with E-state index in [1.54, 1.807) is 23.1 Å². The van der Waals surface area contributed by atoms with Crippen LogP contribution in [0, 0.1) is 5.92 Å². The van der Waals surface area contributed by atoms with Crippen LogP contribution in [-0.2, 0) is 14.8 Å². The third-order valence-corrected chi connectivity index (χ3v) is 5.72. The number of hydrogen-bond acceptors (Lipinski definition) is 6. The minimum absolute atomic E-state index is 0.115. The SMILES string of the molecule is CS(=O)(=O)Nc1nc2ccc(C(=O)N3CCC(C(N)=O)CC3)cc2s1. The molecule has 3 rings (SSSR count). The molecule has 134 valence electrons. The Labute approximate surface area is 149 Å². The van der Waals surface area contributed by atoms with Crippen molar-refractivity contribution in [2.24, 2.45) is 11.7 Å². The minimum atomic E-state index is -3.40. The number of rotatable bonds is 4. The van der Waals surface area contributed by atoms with Crippen molar-refractivity contribution in [1.29, 1.82) is 0 Å². The number of carbonyl (C=O) groups is 2. The number of thiazole rings is 1. The molecule has 8 nitrogen and oxygen atoms in total. The molecule has 3 N–H and O–H groups in total. The molecule has 1 aromatic carbocycles. The van der Waals surface area contributed by atoms with E-state index in [1.165, 1.54) is 11.3 Å². The number of aromatic nitrogens is 1. The molecule has 25 heavy (non-hydrogen) atoms. The molecule has 10 heteroatoms. The molecule has 2 amide bonds. The monoisotopic (exact) mass is 382 g/mol. The summed E-state index contributed by atoms with van der Waals surface area (Å²) in [6.07, 6.45) is 2.21. The second-order valence-electron chi connectivity index (χ2n) is 6.04. The van der Waals surface area contributed by atoms with Crippen molar-refractivity contribution in [3.8, 4) is 0 Å². The lowest BCUT2D eigenvalue weighted by Crippen LogP contribution is -2.41. The normalized spacial score (nSPS) is 16.1. The van der Waals surface area contributed by atoms with Gasteiger partial charge in [-0.15, -0.1) is 0 Å². The number of nitrogens with one attached hydrogen (secondary N) is 1. The molecule has 1 fully saturated rings. The lowest BCUT2D eigenvalue weighted by atomic mass is 9.96. The predicted octanol–water partition coefficient (Wildman–Crippen LogP) is 1.01. The van der Waals surface area contributed by atoms with Gasteiger partial charge in [-0.25, -0.2) is 13.4 Å². The highest BCUT2D eigenvalue weighted by Gasteiger charge is 2.26. The van der Waals surface area contributed by atoms with E-state index < -0.39 is 10.0 Å². The summed E-state index contributed by atoms with van der Waals surface area (Å²) in [7, 11) is -3.40. The van der Waals surface area contributed by atoms with Crippen LogP contribution in [0.3, 0.4) is 0 Å². The zero-order valence-corrected chi connectivity index (χ0v) is 15.2. The molecule has 0 bridgehead atoms. The summed E-state index contributed by atoms with van der Waals surface area (Å²) in [4.78, 5) is 29.7. The minimum Gasteiger partial charge on any atom is -0.369 e. The zero-order chi connectivity index (χ0) is 18.2. The molecule has 1 aromatic heterocycles. The van der Waals surface area contributed by atoms with Gasteiger partial charge in [0, 0.05) is 24.6 Å². The second kappa shape index (κ2) is 6.60. The Bertz CT molecular complexity index is 930. The van der Waals surface area contributed by atoms with E-state index in [-0.39, 0.29) is 22.9 Å². The highest BCUT2D eigenvalue weighted by atomic mass is 32.2. The van der Waals surface area contributed by atoms with Gasteiger partial charge in [0.15, 0.2) is 5.13 Å². The van der Waals surface area contributed by atoms with Gasteiger partial charge in [0.05, 0.1) is 16.5 Å². The van der Waals surface area contributed by atoms with Crippen molar-refractivity contribution in [1.82, 2.24) is 9.88 Å². The van der Waals surface area contributed by atoms with Crippen molar-refractivity contribution in [3.63, 3.8) is 0 Å². The van der Waals surface area contributed by atoms with Gasteiger partial charge in [-0.05, 0) is 31.0 Å². The van der Waals surface area contributed by atoms with Crippen LogP contribution in [0.2, 0.25) is 0 Å². The first-order valence-corrected chi connectivity index (χ1v) is 10.4. The Kier molecular flexibility index (Phi) is 4.65. The van der Waals surface area contributed by atoms with Crippen molar-refractivity contribution in [2.45, 2.75) is 12.8 Å². The number of nitrogens with zero attached hydrogens (tertiary/aromatic N) is 2. The molecule has 0 unspecified atom stereocenters. The number of amides is 2. The van der Waals surface area contributed by atoms with Crippen molar-refractivity contribution in [3.05, 3.63) is 23.8 Å². The van der Waals surface area contributed by atoms with Gasteiger partial charge < -0.3 is 10.6 Å². The Morgan fingerprint density at radius 1 is 1.32 bits per heavy atom. The molecule has 2 aromatic rings. The first kappa shape index (κ1) is 17.6. The number of nitrogens with two attached hydrogens (primary N) is 1. The third kappa shape index (κ3) is 4.07. The molecule has 0 spiro atoms. The van der Waals surface area contributed by atoms with Gasteiger partial charge in [-0.2, -0.15) is 0 Å². The number of primary amides is 1. The van der Waals surface area contributed by atoms with Gasteiger partial charge in [-0.3, -0.25) is 14.3 Å². The second-order valence-corrected chi connectivity index (χ2v) is 8.82. The predicted molar refractivity (Wildman–Crippen MR) is 95.9 cm³/mol. The van der Waals surface area contributed by atoms with E-state index in [0.717, 1.165) is 11.0 Å². The van der Waals surface area contributed by atoms with E-state index in [4.69, 9.17) is 5.73 Å². The fourth-order valence-electron chi connectivity index (χ4n) is 2.81. The van der Waals surface area contributed by atoms with Crippen LogP contribution in [0.1, 0.15) is 23.2 Å². The van der Waals surface area contributed by atoms with E-state index in [0.29, 0.717) is 37.0 Å². The number of benzene rings is 1. The van der Waals surface area contributed by atoms with Gasteiger partial charge in [0.25, 0.3) is 5.91 Å². The molecule has 1 aliphatic rings. The summed E-state index contributed by atoms with van der Waals surface area (Å²) in [6, 6.07) is 5.08. The quantitative estimate of drug-likeness (QED) is 0.817. The molecule has 2 heterocycles. The van der Waals surface area contributed by atoms with Gasteiger partial charge in [0.2, 0.25) is 15.9 Å². The van der Waals surface area contributed by atoms with E-state index in [1.807, 2.05) is 0 Å². The maximum atomic E-state index is 12.6. The number of carbonyl (C=O) groups excluding carboxylic acids is 2. The maximum absolute atomic E-state index is 12.6. The number of fused-ring (bicyclic) bond motifs is 1. The average Bonchev–Trinajstić information content (AvgIpc) is 2.93. The van der Waals surface area contributed by atoms with Gasteiger partial charge in [-0.1, -0.05) is 11.3 Å². The van der Waals surface area contributed by atoms with E-state index >= 15 is 0 Å². The largest absolute Gasteiger partial charge is 0.369 e. The molecular weight excluding hydrogens is 364 g/mol. The summed E-state index contributed by atoms with van der Waals surface area (Å²) in [6.45, 7) is 0.988. The first-order valence-electron chi connectivity index (χ1n) is 7.70. The van der Waals surface area contributed by atoms with Crippen LogP contribution < -0.4 is 10.5 Å². The van der Waals surface area contributed by atoms with Crippen LogP contribution in [0.25, 0.3) is 10.2 Å². The van der Waals surface area contributed by atoms with Crippen molar-refractivity contribution >= 4 is 48.5 Å². The van der Waals surface area contributed by atoms with Crippen LogP contribution in [0.4, 0.5) is 5.13 Å². The molecule has 1 saturated heterocycles. The van der Waals surface area contributed by atoms with Gasteiger partial charge in [0.1, 0.15) is 0 Å². The molecule has 0 radical (unpaired) electrons. The number of sulfonamides is 1. The fourth-order valence-corrected chi connectivity index (χ4v) is 4.55. The van der Waals surface area contributed by atoms with Crippen LogP contribution in [0.5, 0.6) is 0 Å². The number of hydrogen-bond donors (Lipinski definition) is 2. The summed E-state index contributed by atoms with van der Waals surface area (Å²) in [5.41, 5.74) is 6.45. The van der Waals surface area contributed by atoms with E-state index in [9.17, 15) is 18.0 Å². The highest BCUT2D eigenvalue weighted by Crippen LogP contribution is 2.28. The molecule has 1 aliphatic heterocycles. The molecule has 0 atom stereocenters. The van der Waals surface area contributed by atoms with E-state index in [2.05, 4.69) is 9.71 Å². The maximum Gasteiger partial charge on any atom is 0.253 e. The lowest BCUT2D eigenvalue weighted by Gasteiger charge is -2.30. The summed E-state index contributed by atoms with van der Waals surface area (Å²) >= 11 is 1.17. The Hall–Kier alpha value is -2.20. The molecule has 0 saturated carbocycles. The Morgan fingerprint density at radius 3 is 2.60 bits per heavy atom. The molecule has 0 aliphatic carbocycles. The zero-order valence-electron chi connectivity index (χ0n) is 13.6. The first-order chi connectivity index (χ1) is 11.7. The summed E-state index contributed by atoms with van der Waals surface area (Å²) < 4.78 is 25.7. The number of piperidine rings is 1.